The lowest BCUT2D eigenvalue weighted by Crippen LogP contribution is -2.29. The molecule has 7 nitrogen and oxygen atoms in total. The van der Waals surface area contributed by atoms with Crippen molar-refractivity contribution >= 4 is 11.9 Å². The lowest BCUT2D eigenvalue weighted by molar-refractivity contribution is -0.120. The summed E-state index contributed by atoms with van der Waals surface area (Å²) in [5.74, 6) is 0.194. The summed E-state index contributed by atoms with van der Waals surface area (Å²) >= 11 is 0. The molecule has 2 rings (SSSR count). The molecule has 2 heterocycles. The summed E-state index contributed by atoms with van der Waals surface area (Å²) in [5.41, 5.74) is 0. The number of anilines is 1. The molecule has 0 aliphatic rings. The van der Waals surface area contributed by atoms with Crippen molar-refractivity contribution in [3.05, 3.63) is 24.5 Å². The van der Waals surface area contributed by atoms with E-state index in [-0.39, 0.29) is 23.8 Å². The fourth-order valence-electron chi connectivity index (χ4n) is 1.71. The summed E-state index contributed by atoms with van der Waals surface area (Å²) in [6.07, 6.45) is 3.72. The zero-order valence-corrected chi connectivity index (χ0v) is 9.66. The third kappa shape index (κ3) is 2.49. The van der Waals surface area contributed by atoms with E-state index in [0.717, 1.165) is 0 Å². The molecular weight excluding hydrogens is 220 g/mol. The number of hydrogen-bond donors (Lipinski definition) is 2. The first-order chi connectivity index (χ1) is 8.18. The molecule has 1 atom stereocenters. The molecule has 0 radical (unpaired) electrons. The van der Waals surface area contributed by atoms with E-state index in [2.05, 4.69) is 25.9 Å². The number of aromatic nitrogens is 5. The van der Waals surface area contributed by atoms with Crippen molar-refractivity contribution in [1.29, 1.82) is 0 Å². The summed E-state index contributed by atoms with van der Waals surface area (Å²) in [6, 6.07) is 3.48. The van der Waals surface area contributed by atoms with Gasteiger partial charge in [-0.25, -0.2) is 0 Å². The van der Waals surface area contributed by atoms with Gasteiger partial charge in [-0.15, -0.1) is 5.10 Å². The van der Waals surface area contributed by atoms with E-state index in [1.165, 1.54) is 0 Å². The maximum Gasteiger partial charge on any atom is 0.269 e. The Morgan fingerprint density at radius 1 is 1.41 bits per heavy atom. The Morgan fingerprint density at radius 2 is 2.12 bits per heavy atom. The molecule has 2 N–H and O–H groups in total. The SMILES string of the molecule is CC(C)[C@@H](C(=O)Nc1nn[nH]n1)n1cccc1. The number of hydrogen-bond acceptors (Lipinski definition) is 4. The van der Waals surface area contributed by atoms with E-state index < -0.39 is 0 Å². The van der Waals surface area contributed by atoms with Gasteiger partial charge in [0.1, 0.15) is 6.04 Å². The van der Waals surface area contributed by atoms with Gasteiger partial charge in [0, 0.05) is 12.4 Å². The Labute approximate surface area is 98.2 Å². The lowest BCUT2D eigenvalue weighted by Gasteiger charge is -2.20. The summed E-state index contributed by atoms with van der Waals surface area (Å²) in [5, 5.41) is 15.7. The van der Waals surface area contributed by atoms with Crippen LogP contribution in [0.2, 0.25) is 0 Å². The van der Waals surface area contributed by atoms with Crippen LogP contribution in [0.5, 0.6) is 0 Å². The zero-order valence-electron chi connectivity index (χ0n) is 9.66. The first-order valence-electron chi connectivity index (χ1n) is 5.35. The third-order valence-corrected chi connectivity index (χ3v) is 2.43. The number of rotatable bonds is 4. The Morgan fingerprint density at radius 3 is 2.65 bits per heavy atom. The summed E-state index contributed by atoms with van der Waals surface area (Å²) in [6.45, 7) is 3.97. The minimum atomic E-state index is -0.288. The highest BCUT2D eigenvalue weighted by atomic mass is 16.2. The van der Waals surface area contributed by atoms with Gasteiger partial charge in [0.15, 0.2) is 0 Å². The van der Waals surface area contributed by atoms with Gasteiger partial charge in [-0.2, -0.15) is 5.21 Å². The number of nitrogens with zero attached hydrogens (tertiary/aromatic N) is 4. The monoisotopic (exact) mass is 234 g/mol. The van der Waals surface area contributed by atoms with E-state index in [9.17, 15) is 4.79 Å². The van der Waals surface area contributed by atoms with E-state index in [1.807, 2.05) is 42.9 Å². The Bertz CT molecular complexity index is 461. The van der Waals surface area contributed by atoms with E-state index in [1.54, 1.807) is 0 Å². The molecular formula is C10H14N6O. The molecule has 0 aromatic carbocycles. The van der Waals surface area contributed by atoms with Gasteiger partial charge in [-0.05, 0) is 23.3 Å². The van der Waals surface area contributed by atoms with Crippen LogP contribution < -0.4 is 5.32 Å². The minimum Gasteiger partial charge on any atom is -0.342 e. The first-order valence-corrected chi connectivity index (χ1v) is 5.35. The highest BCUT2D eigenvalue weighted by molar-refractivity contribution is 5.92. The van der Waals surface area contributed by atoms with Crippen molar-refractivity contribution in [1.82, 2.24) is 25.2 Å². The molecule has 0 spiro atoms. The second kappa shape index (κ2) is 4.77. The number of carbonyl (C=O) groups is 1. The van der Waals surface area contributed by atoms with Crippen LogP contribution in [0.25, 0.3) is 0 Å². The van der Waals surface area contributed by atoms with Crippen molar-refractivity contribution in [2.75, 3.05) is 5.32 Å². The standard InChI is InChI=1S/C10H14N6O/c1-7(2)8(16-5-3-4-6-16)9(17)11-10-12-14-15-13-10/h3-8H,1-2H3,(H2,11,12,13,14,15,17)/t8-/m0/s1. The average Bonchev–Trinajstić information content (AvgIpc) is 2.89. The molecule has 17 heavy (non-hydrogen) atoms. The molecule has 90 valence electrons. The normalized spacial score (nSPS) is 12.6. The topological polar surface area (TPSA) is 88.5 Å². The largest absolute Gasteiger partial charge is 0.342 e. The van der Waals surface area contributed by atoms with Crippen molar-refractivity contribution in [3.8, 4) is 0 Å². The van der Waals surface area contributed by atoms with Crippen LogP contribution in [0.1, 0.15) is 19.9 Å². The van der Waals surface area contributed by atoms with Gasteiger partial charge in [0.05, 0.1) is 0 Å². The molecule has 0 saturated carbocycles. The second-order valence-electron chi connectivity index (χ2n) is 4.04. The molecule has 0 fully saturated rings. The molecule has 2 aromatic heterocycles. The number of carbonyl (C=O) groups excluding carboxylic acids is 1. The van der Waals surface area contributed by atoms with Gasteiger partial charge < -0.3 is 4.57 Å². The van der Waals surface area contributed by atoms with Crippen molar-refractivity contribution in [2.24, 2.45) is 5.92 Å². The van der Waals surface area contributed by atoms with Gasteiger partial charge in [-0.1, -0.05) is 18.9 Å². The quantitative estimate of drug-likeness (QED) is 0.820. The maximum atomic E-state index is 12.1. The molecule has 0 bridgehead atoms. The fourth-order valence-corrected chi connectivity index (χ4v) is 1.71. The summed E-state index contributed by atoms with van der Waals surface area (Å²) in [4.78, 5) is 12.1. The molecule has 0 aliphatic carbocycles. The number of H-pyrrole nitrogens is 1. The molecule has 1 amide bonds. The Hall–Kier alpha value is -2.18. The zero-order chi connectivity index (χ0) is 12.3. The van der Waals surface area contributed by atoms with E-state index in [4.69, 9.17) is 0 Å². The fraction of sp³-hybridized carbons (Fsp3) is 0.400. The second-order valence-corrected chi connectivity index (χ2v) is 4.04. The average molecular weight is 234 g/mol. The predicted octanol–water partition coefficient (Wildman–Crippen LogP) is 0.837. The molecule has 0 unspecified atom stereocenters. The van der Waals surface area contributed by atoms with Gasteiger partial charge in [-0.3, -0.25) is 10.1 Å². The number of nitrogens with one attached hydrogen (secondary N) is 2. The highest BCUT2D eigenvalue weighted by Crippen LogP contribution is 2.19. The smallest absolute Gasteiger partial charge is 0.269 e. The number of amides is 1. The molecule has 0 aliphatic heterocycles. The van der Waals surface area contributed by atoms with Crippen molar-refractivity contribution < 1.29 is 4.79 Å². The van der Waals surface area contributed by atoms with Crippen LogP contribution in [-0.2, 0) is 4.79 Å². The predicted molar refractivity (Wildman–Crippen MR) is 61.1 cm³/mol. The Balaban J connectivity index is 2.14. The van der Waals surface area contributed by atoms with Gasteiger partial charge in [0.25, 0.3) is 5.95 Å². The van der Waals surface area contributed by atoms with Crippen LogP contribution in [0.3, 0.4) is 0 Å². The van der Waals surface area contributed by atoms with E-state index >= 15 is 0 Å². The number of tetrazole rings is 1. The van der Waals surface area contributed by atoms with Crippen LogP contribution >= 0.6 is 0 Å². The van der Waals surface area contributed by atoms with Crippen LogP contribution in [-0.4, -0.2) is 31.1 Å². The molecule has 2 aromatic rings. The van der Waals surface area contributed by atoms with Gasteiger partial charge >= 0.3 is 0 Å². The summed E-state index contributed by atoms with van der Waals surface area (Å²) in [7, 11) is 0. The highest BCUT2D eigenvalue weighted by Gasteiger charge is 2.24. The van der Waals surface area contributed by atoms with Crippen LogP contribution in [0.4, 0.5) is 5.95 Å². The van der Waals surface area contributed by atoms with Crippen molar-refractivity contribution in [3.63, 3.8) is 0 Å². The van der Waals surface area contributed by atoms with Gasteiger partial charge in [0.2, 0.25) is 5.91 Å². The summed E-state index contributed by atoms with van der Waals surface area (Å²) < 4.78 is 1.86. The van der Waals surface area contributed by atoms with Crippen LogP contribution in [0, 0.1) is 5.92 Å². The Kier molecular flexibility index (Phi) is 3.17. The lowest BCUT2D eigenvalue weighted by atomic mass is 10.0. The number of aromatic amines is 1. The molecule has 0 saturated heterocycles. The van der Waals surface area contributed by atoms with E-state index in [0.29, 0.717) is 0 Å². The van der Waals surface area contributed by atoms with Crippen LogP contribution in [0.15, 0.2) is 24.5 Å². The third-order valence-electron chi connectivity index (χ3n) is 2.43. The van der Waals surface area contributed by atoms with Crippen molar-refractivity contribution in [2.45, 2.75) is 19.9 Å². The maximum absolute atomic E-state index is 12.1. The first kappa shape index (κ1) is 11.3. The minimum absolute atomic E-state index is 0.155. The molecule has 7 heteroatoms.